The molecule has 2 aromatic rings. The predicted molar refractivity (Wildman–Crippen MR) is 95.8 cm³/mol. The lowest BCUT2D eigenvalue weighted by Crippen LogP contribution is -2.42. The molecule has 23 heavy (non-hydrogen) atoms. The molecule has 0 spiro atoms. The van der Waals surface area contributed by atoms with Crippen molar-refractivity contribution >= 4 is 29.1 Å². The second-order valence-electron chi connectivity index (χ2n) is 6.74. The zero-order valence-corrected chi connectivity index (χ0v) is 13.9. The van der Waals surface area contributed by atoms with Crippen LogP contribution >= 0.6 is 12.4 Å². The Morgan fingerprint density at radius 2 is 1.91 bits per heavy atom. The summed E-state index contributed by atoms with van der Waals surface area (Å²) in [5.74, 6) is 1.32. The number of halogens is 1. The van der Waals surface area contributed by atoms with E-state index in [1.165, 1.54) is 29.2 Å². The highest BCUT2D eigenvalue weighted by atomic mass is 35.5. The van der Waals surface area contributed by atoms with Crippen molar-refractivity contribution in [3.05, 3.63) is 48.0 Å². The van der Waals surface area contributed by atoms with Crippen LogP contribution in [0.2, 0.25) is 0 Å². The van der Waals surface area contributed by atoms with Crippen molar-refractivity contribution in [2.75, 3.05) is 6.54 Å². The molecule has 4 rings (SSSR count). The highest BCUT2D eigenvalue weighted by Crippen LogP contribution is 2.48. The molecule has 0 aliphatic heterocycles. The number of benzene rings is 2. The molecule has 0 radical (unpaired) electrons. The number of nitrogens with two attached hydrogens (primary N) is 1. The number of carbonyl (C=O) groups is 1. The Bertz CT molecular complexity index is 713. The summed E-state index contributed by atoms with van der Waals surface area (Å²) >= 11 is 0. The molecule has 0 saturated heterocycles. The third-order valence-electron chi connectivity index (χ3n) is 5.10. The maximum Gasteiger partial charge on any atom is 0.224 e. The van der Waals surface area contributed by atoms with Crippen LogP contribution in [0.1, 0.15) is 30.7 Å². The van der Waals surface area contributed by atoms with Gasteiger partial charge in [0, 0.05) is 18.5 Å². The molecule has 3 N–H and O–H groups in total. The first-order chi connectivity index (χ1) is 10.8. The van der Waals surface area contributed by atoms with E-state index in [4.69, 9.17) is 5.73 Å². The highest BCUT2D eigenvalue weighted by Gasteiger charge is 2.45. The van der Waals surface area contributed by atoms with Crippen LogP contribution in [0, 0.1) is 11.8 Å². The third-order valence-corrected chi connectivity index (χ3v) is 5.10. The number of amides is 1. The van der Waals surface area contributed by atoms with E-state index in [1.54, 1.807) is 0 Å². The van der Waals surface area contributed by atoms with Crippen LogP contribution in [0.4, 0.5) is 0 Å². The van der Waals surface area contributed by atoms with Gasteiger partial charge in [0.25, 0.3) is 0 Å². The average Bonchev–Trinajstić information content (AvgIpc) is 3.44. The summed E-state index contributed by atoms with van der Waals surface area (Å²) in [6, 6.07) is 15.1. The average molecular weight is 331 g/mol. The van der Waals surface area contributed by atoms with Crippen LogP contribution in [0.3, 0.4) is 0 Å². The summed E-state index contributed by atoms with van der Waals surface area (Å²) in [7, 11) is 0. The smallest absolute Gasteiger partial charge is 0.224 e. The van der Waals surface area contributed by atoms with Crippen LogP contribution in [0.25, 0.3) is 10.8 Å². The lowest BCUT2D eigenvalue weighted by atomic mass is 10.0. The minimum absolute atomic E-state index is 0. The Balaban J connectivity index is 0.00000156. The normalized spacial score (nSPS) is 23.9. The Labute approximate surface area is 143 Å². The summed E-state index contributed by atoms with van der Waals surface area (Å²) in [5.41, 5.74) is 7.06. The molecule has 122 valence electrons. The van der Waals surface area contributed by atoms with Gasteiger partial charge in [-0.15, -0.1) is 12.4 Å². The van der Waals surface area contributed by atoms with Crippen molar-refractivity contribution in [3.63, 3.8) is 0 Å². The largest absolute Gasteiger partial charge is 0.352 e. The molecule has 2 saturated carbocycles. The summed E-state index contributed by atoms with van der Waals surface area (Å²) in [6.45, 7) is 0.559. The molecule has 2 aliphatic carbocycles. The molecule has 3 nitrogen and oxygen atoms in total. The number of carbonyl (C=O) groups excluding carboxylic acids is 1. The van der Waals surface area contributed by atoms with Crippen LogP contribution < -0.4 is 11.1 Å². The van der Waals surface area contributed by atoms with Crippen molar-refractivity contribution in [1.82, 2.24) is 5.32 Å². The van der Waals surface area contributed by atoms with Crippen LogP contribution in [-0.4, -0.2) is 18.5 Å². The Hall–Kier alpha value is -1.58. The molecular formula is C19H23ClN2O. The highest BCUT2D eigenvalue weighted by molar-refractivity contribution is 5.86. The van der Waals surface area contributed by atoms with Gasteiger partial charge in [-0.05, 0) is 47.4 Å². The third kappa shape index (κ3) is 3.36. The van der Waals surface area contributed by atoms with E-state index in [0.717, 1.165) is 6.42 Å². The first-order valence-electron chi connectivity index (χ1n) is 8.25. The summed E-state index contributed by atoms with van der Waals surface area (Å²) < 4.78 is 0. The molecule has 0 bridgehead atoms. The van der Waals surface area contributed by atoms with Crippen molar-refractivity contribution in [2.24, 2.45) is 17.6 Å². The number of hydrogen-bond acceptors (Lipinski definition) is 2. The fraction of sp³-hybridized carbons (Fsp3) is 0.421. The number of hydrogen-bond donors (Lipinski definition) is 2. The molecule has 3 unspecified atom stereocenters. The van der Waals surface area contributed by atoms with Crippen molar-refractivity contribution in [2.45, 2.75) is 31.2 Å². The van der Waals surface area contributed by atoms with Crippen LogP contribution in [-0.2, 0) is 4.79 Å². The summed E-state index contributed by atoms with van der Waals surface area (Å²) in [6.07, 6.45) is 3.38. The monoisotopic (exact) mass is 330 g/mol. The fourth-order valence-electron chi connectivity index (χ4n) is 3.45. The number of nitrogens with one attached hydrogen (secondary N) is 1. The first-order valence-corrected chi connectivity index (χ1v) is 8.25. The van der Waals surface area contributed by atoms with Gasteiger partial charge < -0.3 is 11.1 Å². The second-order valence-corrected chi connectivity index (χ2v) is 6.74. The lowest BCUT2D eigenvalue weighted by Gasteiger charge is -2.16. The minimum Gasteiger partial charge on any atom is -0.352 e. The molecule has 4 heteroatoms. The molecule has 0 aromatic heterocycles. The number of rotatable bonds is 5. The van der Waals surface area contributed by atoms with Gasteiger partial charge in [0.2, 0.25) is 5.91 Å². The molecule has 0 heterocycles. The number of fused-ring (bicyclic) bond motifs is 1. The van der Waals surface area contributed by atoms with Gasteiger partial charge in [0.1, 0.15) is 0 Å². The van der Waals surface area contributed by atoms with Gasteiger partial charge in [0.15, 0.2) is 0 Å². The van der Waals surface area contributed by atoms with Gasteiger partial charge in [-0.2, -0.15) is 0 Å². The summed E-state index contributed by atoms with van der Waals surface area (Å²) in [5, 5.41) is 5.67. The SMILES string of the molecule is Cl.NCC(NC(=O)C1CC1c1ccc2ccccc2c1)C1CC1. The maximum atomic E-state index is 12.4. The first kappa shape index (κ1) is 16.3. The molecule has 2 fully saturated rings. The molecule has 1 amide bonds. The van der Waals surface area contributed by atoms with E-state index in [9.17, 15) is 4.79 Å². The zero-order valence-electron chi connectivity index (χ0n) is 13.1. The van der Waals surface area contributed by atoms with E-state index in [-0.39, 0.29) is 30.3 Å². The van der Waals surface area contributed by atoms with Crippen molar-refractivity contribution in [1.29, 1.82) is 0 Å². The maximum absolute atomic E-state index is 12.4. The zero-order chi connectivity index (χ0) is 15.1. The molecular weight excluding hydrogens is 308 g/mol. The van der Waals surface area contributed by atoms with Gasteiger partial charge in [-0.3, -0.25) is 4.79 Å². The van der Waals surface area contributed by atoms with Crippen LogP contribution in [0.15, 0.2) is 42.5 Å². The predicted octanol–water partition coefficient (Wildman–Crippen LogP) is 3.22. The molecule has 2 aromatic carbocycles. The Morgan fingerprint density at radius 1 is 1.17 bits per heavy atom. The molecule has 3 atom stereocenters. The quantitative estimate of drug-likeness (QED) is 0.884. The van der Waals surface area contributed by atoms with Gasteiger partial charge in [-0.25, -0.2) is 0 Å². The van der Waals surface area contributed by atoms with E-state index >= 15 is 0 Å². The standard InChI is InChI=1S/C19H22N2O.ClH/c20-11-18(13-6-7-13)21-19(22)17-10-16(17)15-8-5-12-3-1-2-4-14(12)9-15;/h1-5,8-9,13,16-18H,6-7,10-11,20H2,(H,21,22);1H. The lowest BCUT2D eigenvalue weighted by molar-refractivity contribution is -0.123. The van der Waals surface area contributed by atoms with E-state index in [2.05, 4.69) is 47.8 Å². The van der Waals surface area contributed by atoms with Gasteiger partial charge in [-0.1, -0.05) is 42.5 Å². The summed E-state index contributed by atoms with van der Waals surface area (Å²) in [4.78, 5) is 12.4. The van der Waals surface area contributed by atoms with Crippen LogP contribution in [0.5, 0.6) is 0 Å². The van der Waals surface area contributed by atoms with Gasteiger partial charge in [0.05, 0.1) is 0 Å². The van der Waals surface area contributed by atoms with E-state index < -0.39 is 0 Å². The Morgan fingerprint density at radius 3 is 2.61 bits per heavy atom. The second kappa shape index (κ2) is 6.50. The fourth-order valence-corrected chi connectivity index (χ4v) is 3.45. The van der Waals surface area contributed by atoms with Crippen molar-refractivity contribution in [3.8, 4) is 0 Å². The minimum atomic E-state index is 0. The van der Waals surface area contributed by atoms with Crippen molar-refractivity contribution < 1.29 is 4.79 Å². The molecule has 2 aliphatic rings. The Kier molecular flexibility index (Phi) is 4.60. The topological polar surface area (TPSA) is 55.1 Å². The van der Waals surface area contributed by atoms with E-state index in [1.807, 2.05) is 0 Å². The van der Waals surface area contributed by atoms with E-state index in [0.29, 0.717) is 18.4 Å². The van der Waals surface area contributed by atoms with Gasteiger partial charge >= 0.3 is 0 Å².